The van der Waals surface area contributed by atoms with Crippen molar-refractivity contribution in [3.05, 3.63) is 53.2 Å². The summed E-state index contributed by atoms with van der Waals surface area (Å²) in [5, 5.41) is 4.12. The summed E-state index contributed by atoms with van der Waals surface area (Å²) in [5.41, 5.74) is 8.56. The highest BCUT2D eigenvalue weighted by molar-refractivity contribution is 7.14. The number of nitrogens with two attached hydrogens (primary N) is 1. The Bertz CT molecular complexity index is 751. The lowest BCUT2D eigenvalue weighted by Gasteiger charge is -2.06. The van der Waals surface area contributed by atoms with Crippen LogP contribution in [0, 0.1) is 6.92 Å². The van der Waals surface area contributed by atoms with E-state index in [-0.39, 0.29) is 0 Å². The molecular formula is C16H17N5S. The minimum Gasteiger partial charge on any atom is -0.330 e. The van der Waals surface area contributed by atoms with Crippen LogP contribution in [0.5, 0.6) is 0 Å². The summed E-state index contributed by atoms with van der Waals surface area (Å²) in [6.07, 6.45) is 4.48. The van der Waals surface area contributed by atoms with E-state index in [1.165, 1.54) is 10.4 Å². The fraction of sp³-hybridized carbons (Fsp3) is 0.188. The lowest BCUT2D eigenvalue weighted by atomic mass is 10.1. The molecule has 0 spiro atoms. The molecule has 6 heteroatoms. The maximum Gasteiger partial charge on any atom is 0.227 e. The zero-order valence-electron chi connectivity index (χ0n) is 12.3. The molecule has 5 nitrogen and oxygen atoms in total. The topological polar surface area (TPSA) is 76.7 Å². The van der Waals surface area contributed by atoms with Gasteiger partial charge in [0.15, 0.2) is 0 Å². The number of nitrogens with one attached hydrogen (secondary N) is 1. The molecule has 0 aliphatic heterocycles. The number of anilines is 2. The molecule has 22 heavy (non-hydrogen) atoms. The number of hydrogen-bond acceptors (Lipinski definition) is 6. The number of benzene rings is 1. The van der Waals surface area contributed by atoms with Crippen LogP contribution in [0.3, 0.4) is 0 Å². The quantitative estimate of drug-likeness (QED) is 0.757. The van der Waals surface area contributed by atoms with Crippen LogP contribution in [-0.2, 0) is 6.42 Å². The van der Waals surface area contributed by atoms with Gasteiger partial charge in [0, 0.05) is 23.0 Å². The minimum atomic E-state index is 0.567. The highest BCUT2D eigenvalue weighted by Crippen LogP contribution is 2.24. The van der Waals surface area contributed by atoms with Crippen LogP contribution in [0.15, 0.2) is 42.7 Å². The Hall–Kier alpha value is -2.31. The van der Waals surface area contributed by atoms with E-state index in [0.29, 0.717) is 12.5 Å². The van der Waals surface area contributed by atoms with Gasteiger partial charge in [-0.2, -0.15) is 0 Å². The Morgan fingerprint density at radius 1 is 1.14 bits per heavy atom. The third-order valence-electron chi connectivity index (χ3n) is 3.14. The molecule has 0 bridgehead atoms. The Morgan fingerprint density at radius 3 is 2.64 bits per heavy atom. The lowest BCUT2D eigenvalue weighted by Crippen LogP contribution is -2.02. The molecule has 0 radical (unpaired) electrons. The summed E-state index contributed by atoms with van der Waals surface area (Å²) in [6.45, 7) is 2.69. The SMILES string of the molecule is Cc1cnc(-c2ccnc(Nc3ccc(CCN)cc3)n2)s1. The number of aryl methyl sites for hydroxylation is 1. The monoisotopic (exact) mass is 311 g/mol. The predicted molar refractivity (Wildman–Crippen MR) is 90.4 cm³/mol. The van der Waals surface area contributed by atoms with Gasteiger partial charge in [-0.15, -0.1) is 11.3 Å². The molecule has 0 aliphatic rings. The summed E-state index contributed by atoms with van der Waals surface area (Å²) in [6, 6.07) is 10.0. The van der Waals surface area contributed by atoms with E-state index in [0.717, 1.165) is 22.8 Å². The van der Waals surface area contributed by atoms with Gasteiger partial charge in [0.25, 0.3) is 0 Å². The second-order valence-electron chi connectivity index (χ2n) is 4.90. The van der Waals surface area contributed by atoms with E-state index < -0.39 is 0 Å². The molecule has 0 amide bonds. The van der Waals surface area contributed by atoms with Crippen molar-refractivity contribution in [3.8, 4) is 10.7 Å². The first kappa shape index (κ1) is 14.6. The van der Waals surface area contributed by atoms with Crippen molar-refractivity contribution in [2.24, 2.45) is 5.73 Å². The van der Waals surface area contributed by atoms with Crippen LogP contribution >= 0.6 is 11.3 Å². The molecule has 2 aromatic heterocycles. The van der Waals surface area contributed by atoms with Gasteiger partial charge >= 0.3 is 0 Å². The van der Waals surface area contributed by atoms with E-state index in [1.54, 1.807) is 17.5 Å². The summed E-state index contributed by atoms with van der Waals surface area (Å²) >= 11 is 1.62. The zero-order chi connectivity index (χ0) is 15.4. The Morgan fingerprint density at radius 2 is 1.95 bits per heavy atom. The van der Waals surface area contributed by atoms with Gasteiger partial charge in [-0.3, -0.25) is 0 Å². The van der Waals surface area contributed by atoms with Gasteiger partial charge in [-0.25, -0.2) is 15.0 Å². The van der Waals surface area contributed by atoms with E-state index in [9.17, 15) is 0 Å². The number of aromatic nitrogens is 3. The average Bonchev–Trinajstić information content (AvgIpc) is 2.97. The molecular weight excluding hydrogens is 294 g/mol. The van der Waals surface area contributed by atoms with Crippen molar-refractivity contribution < 1.29 is 0 Å². The van der Waals surface area contributed by atoms with Crippen LogP contribution in [-0.4, -0.2) is 21.5 Å². The highest BCUT2D eigenvalue weighted by atomic mass is 32.1. The van der Waals surface area contributed by atoms with Crippen LogP contribution in [0.25, 0.3) is 10.7 Å². The summed E-state index contributed by atoms with van der Waals surface area (Å²) in [5.74, 6) is 0.567. The number of thiazole rings is 1. The van der Waals surface area contributed by atoms with Crippen LogP contribution in [0.1, 0.15) is 10.4 Å². The first-order chi connectivity index (χ1) is 10.7. The minimum absolute atomic E-state index is 0.567. The van der Waals surface area contributed by atoms with Crippen molar-refractivity contribution in [3.63, 3.8) is 0 Å². The van der Waals surface area contributed by atoms with Crippen molar-refractivity contribution in [1.82, 2.24) is 15.0 Å². The normalized spacial score (nSPS) is 10.6. The van der Waals surface area contributed by atoms with Gasteiger partial charge in [-0.05, 0) is 43.7 Å². The molecule has 2 heterocycles. The first-order valence-electron chi connectivity index (χ1n) is 7.06. The average molecular weight is 311 g/mol. The van der Waals surface area contributed by atoms with Gasteiger partial charge in [0.1, 0.15) is 10.7 Å². The van der Waals surface area contributed by atoms with Gasteiger partial charge in [-0.1, -0.05) is 12.1 Å². The van der Waals surface area contributed by atoms with Crippen molar-refractivity contribution in [1.29, 1.82) is 0 Å². The third-order valence-corrected chi connectivity index (χ3v) is 4.07. The molecule has 0 atom stereocenters. The fourth-order valence-corrected chi connectivity index (χ4v) is 2.80. The third kappa shape index (κ3) is 3.47. The fourth-order valence-electron chi connectivity index (χ4n) is 2.06. The molecule has 0 aliphatic carbocycles. The zero-order valence-corrected chi connectivity index (χ0v) is 13.1. The highest BCUT2D eigenvalue weighted by Gasteiger charge is 2.06. The van der Waals surface area contributed by atoms with E-state index in [1.807, 2.05) is 31.3 Å². The second kappa shape index (κ2) is 6.64. The van der Waals surface area contributed by atoms with Crippen molar-refractivity contribution in [2.75, 3.05) is 11.9 Å². The predicted octanol–water partition coefficient (Wildman–Crippen LogP) is 3.15. The van der Waals surface area contributed by atoms with Gasteiger partial charge in [0.2, 0.25) is 5.95 Å². The van der Waals surface area contributed by atoms with Crippen LogP contribution < -0.4 is 11.1 Å². The molecule has 0 saturated heterocycles. The molecule has 1 aromatic carbocycles. The van der Waals surface area contributed by atoms with Crippen molar-refractivity contribution in [2.45, 2.75) is 13.3 Å². The number of hydrogen-bond donors (Lipinski definition) is 2. The standard InChI is InChI=1S/C16H17N5S/c1-11-10-19-15(22-11)14-7-9-18-16(21-14)20-13-4-2-12(3-5-13)6-8-17/h2-5,7,9-10H,6,8,17H2,1H3,(H,18,20,21). The largest absolute Gasteiger partial charge is 0.330 e. The smallest absolute Gasteiger partial charge is 0.227 e. The molecule has 0 fully saturated rings. The summed E-state index contributed by atoms with van der Waals surface area (Å²) < 4.78 is 0. The Kier molecular flexibility index (Phi) is 4.41. The molecule has 0 unspecified atom stereocenters. The molecule has 3 N–H and O–H groups in total. The molecule has 0 saturated carbocycles. The van der Waals surface area contributed by atoms with Crippen molar-refractivity contribution >= 4 is 23.0 Å². The van der Waals surface area contributed by atoms with Gasteiger partial charge in [0.05, 0.1) is 0 Å². The molecule has 112 valence electrons. The lowest BCUT2D eigenvalue weighted by molar-refractivity contribution is 0.969. The number of nitrogens with zero attached hydrogens (tertiary/aromatic N) is 3. The maximum absolute atomic E-state index is 5.56. The maximum atomic E-state index is 5.56. The molecule has 3 rings (SSSR count). The number of rotatable bonds is 5. The Balaban J connectivity index is 1.77. The van der Waals surface area contributed by atoms with E-state index >= 15 is 0 Å². The van der Waals surface area contributed by atoms with Crippen LogP contribution in [0.2, 0.25) is 0 Å². The van der Waals surface area contributed by atoms with Crippen LogP contribution in [0.4, 0.5) is 11.6 Å². The second-order valence-corrected chi connectivity index (χ2v) is 6.14. The Labute approximate surface area is 133 Å². The molecule has 3 aromatic rings. The summed E-state index contributed by atoms with van der Waals surface area (Å²) in [4.78, 5) is 14.3. The summed E-state index contributed by atoms with van der Waals surface area (Å²) in [7, 11) is 0. The first-order valence-corrected chi connectivity index (χ1v) is 7.88. The van der Waals surface area contributed by atoms with Gasteiger partial charge < -0.3 is 11.1 Å². The van der Waals surface area contributed by atoms with E-state index in [2.05, 4.69) is 32.4 Å². The van der Waals surface area contributed by atoms with E-state index in [4.69, 9.17) is 5.73 Å².